The number of nitrogens with one attached hydrogen (secondary N) is 2. The van der Waals surface area contributed by atoms with Crippen molar-refractivity contribution >= 4 is 29.0 Å². The monoisotopic (exact) mass is 437 g/mol. The molecule has 6 nitrogen and oxygen atoms in total. The molecule has 0 aliphatic heterocycles. The van der Waals surface area contributed by atoms with Gasteiger partial charge in [-0.15, -0.1) is 11.3 Å². The Hall–Kier alpha value is -3.06. The molecule has 0 unspecified atom stereocenters. The SMILES string of the molecule is CCOC(=O)c1cccc(NC(=O)N[C@H](C)c2c(-n3cccc3)sc3c2CCCC3)c1. The Balaban J connectivity index is 1.52. The number of nitrogens with zero attached hydrogens (tertiary/aromatic N) is 1. The standard InChI is InChI=1S/C24H27N3O3S/c1-3-30-23(28)17-9-8-10-18(15-17)26-24(29)25-16(2)21-19-11-4-5-12-20(19)31-22(21)27-13-6-7-14-27/h6-10,13-16H,3-5,11-12H2,1-2H3,(H2,25,26,29)/t16-/m1/s1. The molecule has 2 amide bonds. The fourth-order valence-corrected chi connectivity index (χ4v) is 5.51. The summed E-state index contributed by atoms with van der Waals surface area (Å²) in [6.45, 7) is 4.10. The second kappa shape index (κ2) is 9.39. The quantitative estimate of drug-likeness (QED) is 0.502. The molecule has 1 aliphatic carbocycles. The molecule has 2 aromatic heterocycles. The summed E-state index contributed by atoms with van der Waals surface area (Å²) < 4.78 is 7.17. The number of esters is 1. The third kappa shape index (κ3) is 4.66. The lowest BCUT2D eigenvalue weighted by Gasteiger charge is -2.20. The van der Waals surface area contributed by atoms with Gasteiger partial charge in [-0.1, -0.05) is 6.07 Å². The van der Waals surface area contributed by atoms with Crippen molar-refractivity contribution in [3.8, 4) is 5.00 Å². The summed E-state index contributed by atoms with van der Waals surface area (Å²) >= 11 is 1.83. The van der Waals surface area contributed by atoms with E-state index in [1.807, 2.05) is 30.4 Å². The Morgan fingerprint density at radius 3 is 2.71 bits per heavy atom. The summed E-state index contributed by atoms with van der Waals surface area (Å²) in [7, 11) is 0. The van der Waals surface area contributed by atoms with Gasteiger partial charge in [0.1, 0.15) is 5.00 Å². The average Bonchev–Trinajstić information content (AvgIpc) is 3.41. The maximum atomic E-state index is 12.7. The number of fused-ring (bicyclic) bond motifs is 1. The van der Waals surface area contributed by atoms with Crippen LogP contribution in [0.15, 0.2) is 48.8 Å². The molecule has 0 fully saturated rings. The van der Waals surface area contributed by atoms with Crippen LogP contribution in [0.5, 0.6) is 0 Å². The number of carbonyl (C=O) groups is 2. The highest BCUT2D eigenvalue weighted by molar-refractivity contribution is 7.15. The Morgan fingerprint density at radius 1 is 1.16 bits per heavy atom. The Bertz CT molecular complexity index is 1070. The van der Waals surface area contributed by atoms with E-state index in [0.29, 0.717) is 17.9 Å². The fraction of sp³-hybridized carbons (Fsp3) is 0.333. The van der Waals surface area contributed by atoms with Crippen LogP contribution < -0.4 is 10.6 Å². The Kier molecular flexibility index (Phi) is 6.42. The summed E-state index contributed by atoms with van der Waals surface area (Å²) in [5.41, 5.74) is 3.55. The third-order valence-corrected chi connectivity index (χ3v) is 6.76. The second-order valence-electron chi connectivity index (χ2n) is 7.64. The van der Waals surface area contributed by atoms with Gasteiger partial charge >= 0.3 is 12.0 Å². The van der Waals surface area contributed by atoms with Crippen LogP contribution in [0.25, 0.3) is 5.00 Å². The summed E-state index contributed by atoms with van der Waals surface area (Å²) in [5, 5.41) is 7.10. The van der Waals surface area contributed by atoms with Crippen molar-refractivity contribution in [1.82, 2.24) is 9.88 Å². The number of urea groups is 1. The van der Waals surface area contributed by atoms with E-state index < -0.39 is 5.97 Å². The summed E-state index contributed by atoms with van der Waals surface area (Å²) in [4.78, 5) is 26.1. The predicted molar refractivity (Wildman–Crippen MR) is 123 cm³/mol. The summed E-state index contributed by atoms with van der Waals surface area (Å²) in [5.74, 6) is -0.402. The highest BCUT2D eigenvalue weighted by atomic mass is 32.1. The largest absolute Gasteiger partial charge is 0.462 e. The molecule has 162 valence electrons. The minimum atomic E-state index is -0.402. The lowest BCUT2D eigenvalue weighted by atomic mass is 9.93. The molecule has 4 rings (SSSR count). The van der Waals surface area contributed by atoms with Crippen molar-refractivity contribution in [2.45, 2.75) is 45.6 Å². The van der Waals surface area contributed by atoms with E-state index in [1.165, 1.54) is 33.8 Å². The molecule has 31 heavy (non-hydrogen) atoms. The van der Waals surface area contributed by atoms with Gasteiger partial charge in [0.05, 0.1) is 18.2 Å². The van der Waals surface area contributed by atoms with E-state index in [-0.39, 0.29) is 12.1 Å². The smallest absolute Gasteiger partial charge is 0.338 e. The Morgan fingerprint density at radius 2 is 1.94 bits per heavy atom. The van der Waals surface area contributed by atoms with Gasteiger partial charge in [0.2, 0.25) is 0 Å². The summed E-state index contributed by atoms with van der Waals surface area (Å²) in [6, 6.07) is 10.4. The van der Waals surface area contributed by atoms with Crippen molar-refractivity contribution in [2.75, 3.05) is 11.9 Å². The molecule has 0 radical (unpaired) electrons. The first-order chi connectivity index (χ1) is 15.1. The fourth-order valence-electron chi connectivity index (χ4n) is 4.06. The number of amides is 2. The zero-order valence-electron chi connectivity index (χ0n) is 17.8. The first kappa shape index (κ1) is 21.2. The number of hydrogen-bond donors (Lipinski definition) is 2. The van der Waals surface area contributed by atoms with Crippen molar-refractivity contribution < 1.29 is 14.3 Å². The van der Waals surface area contributed by atoms with Crippen LogP contribution in [0.3, 0.4) is 0 Å². The molecule has 1 aliphatic rings. The Labute approximate surface area is 186 Å². The molecule has 3 aromatic rings. The van der Waals surface area contributed by atoms with Gasteiger partial charge in [-0.3, -0.25) is 0 Å². The molecule has 0 bridgehead atoms. The van der Waals surface area contributed by atoms with Gasteiger partial charge in [0.15, 0.2) is 0 Å². The zero-order valence-corrected chi connectivity index (χ0v) is 18.6. The van der Waals surface area contributed by atoms with Crippen molar-refractivity contribution in [3.05, 3.63) is 70.4 Å². The number of rotatable bonds is 6. The van der Waals surface area contributed by atoms with Gasteiger partial charge in [-0.2, -0.15) is 0 Å². The summed E-state index contributed by atoms with van der Waals surface area (Å²) in [6.07, 6.45) is 8.66. The predicted octanol–water partition coefficient (Wildman–Crippen LogP) is 5.48. The number of carbonyl (C=O) groups excluding carboxylic acids is 2. The first-order valence-corrected chi connectivity index (χ1v) is 11.5. The van der Waals surface area contributed by atoms with E-state index in [1.54, 1.807) is 31.2 Å². The van der Waals surface area contributed by atoms with Crippen molar-refractivity contribution in [3.63, 3.8) is 0 Å². The van der Waals surface area contributed by atoms with Crippen molar-refractivity contribution in [2.24, 2.45) is 0 Å². The average molecular weight is 438 g/mol. The van der Waals surface area contributed by atoms with E-state index in [2.05, 4.69) is 27.6 Å². The highest BCUT2D eigenvalue weighted by Crippen LogP contribution is 2.40. The maximum Gasteiger partial charge on any atom is 0.338 e. The lowest BCUT2D eigenvalue weighted by molar-refractivity contribution is 0.0526. The highest BCUT2D eigenvalue weighted by Gasteiger charge is 2.26. The number of hydrogen-bond acceptors (Lipinski definition) is 4. The van der Waals surface area contributed by atoms with E-state index >= 15 is 0 Å². The number of aromatic nitrogens is 1. The van der Waals surface area contributed by atoms with E-state index in [9.17, 15) is 9.59 Å². The number of benzene rings is 1. The van der Waals surface area contributed by atoms with Gasteiger partial charge in [0.25, 0.3) is 0 Å². The van der Waals surface area contributed by atoms with Crippen LogP contribution in [0.2, 0.25) is 0 Å². The van der Waals surface area contributed by atoms with Gasteiger partial charge in [-0.05, 0) is 75.4 Å². The van der Waals surface area contributed by atoms with Crippen LogP contribution >= 0.6 is 11.3 Å². The van der Waals surface area contributed by atoms with Gasteiger partial charge < -0.3 is 19.9 Å². The van der Waals surface area contributed by atoms with Crippen molar-refractivity contribution in [1.29, 1.82) is 0 Å². The lowest BCUT2D eigenvalue weighted by Crippen LogP contribution is -2.32. The number of anilines is 1. The van der Waals surface area contributed by atoms with Crippen LogP contribution in [0.1, 0.15) is 59.1 Å². The minimum absolute atomic E-state index is 0.149. The van der Waals surface area contributed by atoms with Gasteiger partial charge in [-0.25, -0.2) is 9.59 Å². The van der Waals surface area contributed by atoms with Crippen LogP contribution in [0, 0.1) is 0 Å². The molecule has 1 aromatic carbocycles. The molecule has 0 saturated carbocycles. The van der Waals surface area contributed by atoms with E-state index in [0.717, 1.165) is 12.8 Å². The minimum Gasteiger partial charge on any atom is -0.462 e. The number of thiophene rings is 1. The molecule has 0 saturated heterocycles. The molecule has 7 heteroatoms. The third-order valence-electron chi connectivity index (χ3n) is 5.44. The van der Waals surface area contributed by atoms with Crippen LogP contribution in [-0.2, 0) is 17.6 Å². The van der Waals surface area contributed by atoms with Crippen LogP contribution in [0.4, 0.5) is 10.5 Å². The normalized spacial score (nSPS) is 13.9. The van der Waals surface area contributed by atoms with E-state index in [4.69, 9.17) is 4.74 Å². The first-order valence-electron chi connectivity index (χ1n) is 10.7. The molecular weight excluding hydrogens is 410 g/mol. The maximum absolute atomic E-state index is 12.7. The zero-order chi connectivity index (χ0) is 21.8. The van der Waals surface area contributed by atoms with Crippen LogP contribution in [-0.4, -0.2) is 23.2 Å². The van der Waals surface area contributed by atoms with Gasteiger partial charge in [0, 0.05) is 28.5 Å². The topological polar surface area (TPSA) is 72.4 Å². The molecule has 2 N–H and O–H groups in total. The second-order valence-corrected chi connectivity index (χ2v) is 8.73. The molecule has 2 heterocycles. The molecular formula is C24H27N3O3S. The molecule has 0 spiro atoms. The number of ether oxygens (including phenoxy) is 1. The number of aryl methyl sites for hydroxylation is 1. The molecule has 1 atom stereocenters.